The fourth-order valence-electron chi connectivity index (χ4n) is 1.25. The summed E-state index contributed by atoms with van der Waals surface area (Å²) in [7, 11) is 0. The summed E-state index contributed by atoms with van der Waals surface area (Å²) in [6.07, 6.45) is 1.52. The summed E-state index contributed by atoms with van der Waals surface area (Å²) in [4.78, 5) is 0. The minimum absolute atomic E-state index is 0.213. The number of rotatable bonds is 4. The van der Waals surface area contributed by atoms with Gasteiger partial charge in [0, 0.05) is 6.54 Å². The largest absolute Gasteiger partial charge is 0.374 e. The van der Waals surface area contributed by atoms with Crippen molar-refractivity contribution in [2.75, 3.05) is 6.54 Å². The van der Waals surface area contributed by atoms with Crippen LogP contribution in [0.15, 0.2) is 0 Å². The molecule has 0 bridgehead atoms. The highest BCUT2D eigenvalue weighted by atomic mass is 16.5. The standard InChI is InChI=1S/C10H23NO/c1-8(2)12-9(7-11)6-10(3,4)5/h8-9H,6-7,11H2,1-5H3. The molecule has 12 heavy (non-hydrogen) atoms. The Morgan fingerprint density at radius 3 is 2.00 bits per heavy atom. The summed E-state index contributed by atoms with van der Waals surface area (Å²) in [5.41, 5.74) is 5.91. The first-order valence-corrected chi connectivity index (χ1v) is 4.70. The molecule has 0 fully saturated rings. The zero-order valence-electron chi connectivity index (χ0n) is 9.05. The molecule has 0 aliphatic carbocycles. The predicted molar refractivity (Wildman–Crippen MR) is 53.1 cm³/mol. The number of nitrogens with two attached hydrogens (primary N) is 1. The molecule has 0 aliphatic rings. The molecule has 2 nitrogen and oxygen atoms in total. The lowest BCUT2D eigenvalue weighted by molar-refractivity contribution is -0.00791. The second-order valence-corrected chi connectivity index (χ2v) is 4.81. The van der Waals surface area contributed by atoms with E-state index in [2.05, 4.69) is 20.8 Å². The Kier molecular flexibility index (Phi) is 4.80. The molecule has 0 aromatic heterocycles. The van der Waals surface area contributed by atoms with Crippen molar-refractivity contribution in [3.05, 3.63) is 0 Å². The molecule has 0 aromatic rings. The van der Waals surface area contributed by atoms with Crippen LogP contribution in [0.3, 0.4) is 0 Å². The first kappa shape index (κ1) is 11.9. The summed E-state index contributed by atoms with van der Waals surface area (Å²) >= 11 is 0. The van der Waals surface area contributed by atoms with Crippen molar-refractivity contribution >= 4 is 0 Å². The van der Waals surface area contributed by atoms with Crippen LogP contribution >= 0.6 is 0 Å². The molecule has 1 unspecified atom stereocenters. The van der Waals surface area contributed by atoms with E-state index >= 15 is 0 Å². The molecule has 2 N–H and O–H groups in total. The Bertz CT molecular complexity index is 115. The van der Waals surface area contributed by atoms with Gasteiger partial charge in [-0.2, -0.15) is 0 Å². The van der Waals surface area contributed by atoms with Crippen LogP contribution in [0.4, 0.5) is 0 Å². The molecule has 1 atom stereocenters. The van der Waals surface area contributed by atoms with Crippen LogP contribution in [-0.4, -0.2) is 18.8 Å². The van der Waals surface area contributed by atoms with E-state index in [9.17, 15) is 0 Å². The summed E-state index contributed by atoms with van der Waals surface area (Å²) in [6.45, 7) is 11.3. The van der Waals surface area contributed by atoms with Crippen LogP contribution in [0.1, 0.15) is 41.0 Å². The van der Waals surface area contributed by atoms with Crippen molar-refractivity contribution < 1.29 is 4.74 Å². The topological polar surface area (TPSA) is 35.2 Å². The lowest BCUT2D eigenvalue weighted by atomic mass is 9.89. The molecular formula is C10H23NO. The average molecular weight is 173 g/mol. The van der Waals surface area contributed by atoms with Crippen molar-refractivity contribution in [1.82, 2.24) is 0 Å². The van der Waals surface area contributed by atoms with Gasteiger partial charge in [-0.25, -0.2) is 0 Å². The van der Waals surface area contributed by atoms with Crippen LogP contribution in [0.2, 0.25) is 0 Å². The minimum Gasteiger partial charge on any atom is -0.374 e. The normalized spacial score (nSPS) is 15.2. The third kappa shape index (κ3) is 6.62. The van der Waals surface area contributed by atoms with E-state index in [-0.39, 0.29) is 12.2 Å². The van der Waals surface area contributed by atoms with Gasteiger partial charge in [-0.1, -0.05) is 20.8 Å². The van der Waals surface area contributed by atoms with Gasteiger partial charge in [0.2, 0.25) is 0 Å². The average Bonchev–Trinajstić information content (AvgIpc) is 1.82. The van der Waals surface area contributed by atoms with E-state index in [1.165, 1.54) is 0 Å². The smallest absolute Gasteiger partial charge is 0.0705 e. The molecule has 0 aromatic carbocycles. The maximum absolute atomic E-state index is 5.65. The number of hydrogen-bond donors (Lipinski definition) is 1. The van der Waals surface area contributed by atoms with E-state index < -0.39 is 0 Å². The molecule has 0 heterocycles. The van der Waals surface area contributed by atoms with Crippen molar-refractivity contribution in [2.45, 2.75) is 53.2 Å². The first-order valence-electron chi connectivity index (χ1n) is 4.70. The molecule has 74 valence electrons. The van der Waals surface area contributed by atoms with Gasteiger partial charge < -0.3 is 10.5 Å². The Labute approximate surface area is 76.5 Å². The maximum Gasteiger partial charge on any atom is 0.0705 e. The number of hydrogen-bond acceptors (Lipinski definition) is 2. The van der Waals surface area contributed by atoms with Gasteiger partial charge in [0.15, 0.2) is 0 Å². The van der Waals surface area contributed by atoms with E-state index in [1.807, 2.05) is 13.8 Å². The summed E-state index contributed by atoms with van der Waals surface area (Å²) in [5.74, 6) is 0. The Hall–Kier alpha value is -0.0800. The van der Waals surface area contributed by atoms with E-state index in [0.717, 1.165) is 6.42 Å². The van der Waals surface area contributed by atoms with Crippen LogP contribution in [0, 0.1) is 5.41 Å². The summed E-state index contributed by atoms with van der Waals surface area (Å²) < 4.78 is 5.65. The fourth-order valence-corrected chi connectivity index (χ4v) is 1.25. The summed E-state index contributed by atoms with van der Waals surface area (Å²) in [6, 6.07) is 0. The van der Waals surface area contributed by atoms with Gasteiger partial charge in [0.1, 0.15) is 0 Å². The lowest BCUT2D eigenvalue weighted by Gasteiger charge is -2.26. The van der Waals surface area contributed by atoms with Crippen LogP contribution in [0.5, 0.6) is 0 Å². The second kappa shape index (κ2) is 4.83. The van der Waals surface area contributed by atoms with Gasteiger partial charge in [-0.3, -0.25) is 0 Å². The summed E-state index contributed by atoms with van der Waals surface area (Å²) in [5, 5.41) is 0. The second-order valence-electron chi connectivity index (χ2n) is 4.81. The van der Waals surface area contributed by atoms with Crippen molar-refractivity contribution in [1.29, 1.82) is 0 Å². The molecule has 0 saturated carbocycles. The van der Waals surface area contributed by atoms with Crippen molar-refractivity contribution in [2.24, 2.45) is 11.1 Å². The Balaban J connectivity index is 3.83. The van der Waals surface area contributed by atoms with Crippen molar-refractivity contribution in [3.63, 3.8) is 0 Å². The highest BCUT2D eigenvalue weighted by molar-refractivity contribution is 4.70. The van der Waals surface area contributed by atoms with Gasteiger partial charge in [-0.15, -0.1) is 0 Å². The zero-order valence-corrected chi connectivity index (χ0v) is 9.05. The lowest BCUT2D eigenvalue weighted by Crippen LogP contribution is -2.30. The highest BCUT2D eigenvalue weighted by Gasteiger charge is 2.18. The molecule has 2 heteroatoms. The van der Waals surface area contributed by atoms with Crippen molar-refractivity contribution in [3.8, 4) is 0 Å². The van der Waals surface area contributed by atoms with E-state index in [4.69, 9.17) is 10.5 Å². The van der Waals surface area contributed by atoms with Crippen LogP contribution in [0.25, 0.3) is 0 Å². The van der Waals surface area contributed by atoms with E-state index in [0.29, 0.717) is 12.0 Å². The van der Waals surface area contributed by atoms with Gasteiger partial charge >= 0.3 is 0 Å². The highest BCUT2D eigenvalue weighted by Crippen LogP contribution is 2.22. The predicted octanol–water partition coefficient (Wildman–Crippen LogP) is 2.17. The molecule has 0 saturated heterocycles. The minimum atomic E-state index is 0.213. The number of ether oxygens (including phenoxy) is 1. The van der Waals surface area contributed by atoms with E-state index in [1.54, 1.807) is 0 Å². The molecule has 0 radical (unpaired) electrons. The third-order valence-electron chi connectivity index (χ3n) is 1.57. The molecule has 0 rings (SSSR count). The zero-order chi connectivity index (χ0) is 9.78. The van der Waals surface area contributed by atoms with Crippen LogP contribution in [-0.2, 0) is 4.74 Å². The van der Waals surface area contributed by atoms with Gasteiger partial charge in [0.05, 0.1) is 12.2 Å². The molecular weight excluding hydrogens is 150 g/mol. The van der Waals surface area contributed by atoms with Crippen LogP contribution < -0.4 is 5.73 Å². The fraction of sp³-hybridized carbons (Fsp3) is 1.00. The molecule has 0 amide bonds. The molecule has 0 spiro atoms. The Morgan fingerprint density at radius 2 is 1.75 bits per heavy atom. The maximum atomic E-state index is 5.65. The first-order chi connectivity index (χ1) is 5.35. The third-order valence-corrected chi connectivity index (χ3v) is 1.57. The SMILES string of the molecule is CC(C)OC(CN)CC(C)(C)C. The molecule has 0 aliphatic heterocycles. The monoisotopic (exact) mass is 173 g/mol. The van der Waals surface area contributed by atoms with Gasteiger partial charge in [0.25, 0.3) is 0 Å². The quantitative estimate of drug-likeness (QED) is 0.707. The van der Waals surface area contributed by atoms with Gasteiger partial charge in [-0.05, 0) is 25.7 Å². The Morgan fingerprint density at radius 1 is 1.25 bits per heavy atom.